The Morgan fingerprint density at radius 1 is 1.31 bits per heavy atom. The van der Waals surface area contributed by atoms with Crippen LogP contribution in [-0.2, 0) is 0 Å². The summed E-state index contributed by atoms with van der Waals surface area (Å²) in [6, 6.07) is 6.64. The number of hydrogen-bond donors (Lipinski definition) is 2. The van der Waals surface area contributed by atoms with E-state index in [1.165, 1.54) is 5.56 Å². The van der Waals surface area contributed by atoms with E-state index >= 15 is 0 Å². The average Bonchev–Trinajstić information content (AvgIpc) is 2.24. The van der Waals surface area contributed by atoms with Crippen molar-refractivity contribution in [3.63, 3.8) is 0 Å². The molecule has 1 rings (SSSR count). The van der Waals surface area contributed by atoms with Gasteiger partial charge in [-0.05, 0) is 50.6 Å². The number of hydrogen-bond acceptors (Lipinski definition) is 2. The maximum absolute atomic E-state index is 5.46. The average molecular weight is 350 g/mol. The lowest BCUT2D eigenvalue weighted by atomic mass is 10.1. The smallest absolute Gasteiger partial charge is 0.0302 e. The molecule has 4 heteroatoms. The van der Waals surface area contributed by atoms with Crippen molar-refractivity contribution in [2.24, 2.45) is 5.73 Å². The van der Waals surface area contributed by atoms with Crippen molar-refractivity contribution in [3.8, 4) is 0 Å². The summed E-state index contributed by atoms with van der Waals surface area (Å²) in [5.74, 6) is 0. The molecule has 0 saturated carbocycles. The van der Waals surface area contributed by atoms with E-state index in [9.17, 15) is 0 Å². The van der Waals surface area contributed by atoms with Gasteiger partial charge in [-0.25, -0.2) is 0 Å². The van der Waals surface area contributed by atoms with Crippen LogP contribution in [0.25, 0.3) is 0 Å². The molecule has 90 valence electrons. The van der Waals surface area contributed by atoms with Gasteiger partial charge >= 0.3 is 0 Å². The van der Waals surface area contributed by atoms with E-state index < -0.39 is 0 Å². The highest BCUT2D eigenvalue weighted by Crippen LogP contribution is 2.26. The van der Waals surface area contributed by atoms with Gasteiger partial charge in [-0.15, -0.1) is 0 Å². The molecule has 1 atom stereocenters. The van der Waals surface area contributed by atoms with Crippen molar-refractivity contribution in [2.75, 3.05) is 13.1 Å². The highest BCUT2D eigenvalue weighted by molar-refractivity contribution is 9.11. The van der Waals surface area contributed by atoms with Gasteiger partial charge in [0.2, 0.25) is 0 Å². The summed E-state index contributed by atoms with van der Waals surface area (Å²) in [4.78, 5) is 0. The lowest BCUT2D eigenvalue weighted by Crippen LogP contribution is -2.20. The molecule has 0 aliphatic rings. The highest BCUT2D eigenvalue weighted by Gasteiger charge is 2.08. The second-order valence-corrected chi connectivity index (χ2v) is 5.61. The van der Waals surface area contributed by atoms with Crippen molar-refractivity contribution >= 4 is 31.9 Å². The van der Waals surface area contributed by atoms with Crippen LogP contribution in [0.3, 0.4) is 0 Å². The Balaban J connectivity index is 2.49. The van der Waals surface area contributed by atoms with Crippen LogP contribution in [0.5, 0.6) is 0 Å². The molecule has 0 spiro atoms. The van der Waals surface area contributed by atoms with E-state index in [1.54, 1.807) is 0 Å². The van der Waals surface area contributed by atoms with Crippen LogP contribution < -0.4 is 11.1 Å². The van der Waals surface area contributed by atoms with Crippen molar-refractivity contribution in [3.05, 3.63) is 32.7 Å². The molecule has 1 aromatic rings. The number of halogens is 2. The van der Waals surface area contributed by atoms with Gasteiger partial charge in [0.15, 0.2) is 0 Å². The van der Waals surface area contributed by atoms with Gasteiger partial charge in [0.1, 0.15) is 0 Å². The first-order valence-corrected chi connectivity index (χ1v) is 7.12. The molecule has 0 heterocycles. The second kappa shape index (κ2) is 7.43. The molecular weight excluding hydrogens is 332 g/mol. The van der Waals surface area contributed by atoms with Gasteiger partial charge < -0.3 is 11.1 Å². The van der Waals surface area contributed by atoms with Crippen LogP contribution in [0.4, 0.5) is 0 Å². The molecule has 1 aromatic carbocycles. The Hall–Kier alpha value is 0.1000. The van der Waals surface area contributed by atoms with Crippen molar-refractivity contribution in [2.45, 2.75) is 25.8 Å². The van der Waals surface area contributed by atoms with E-state index in [2.05, 4.69) is 62.3 Å². The van der Waals surface area contributed by atoms with E-state index in [-0.39, 0.29) is 0 Å². The van der Waals surface area contributed by atoms with Gasteiger partial charge in [-0.3, -0.25) is 0 Å². The lowest BCUT2D eigenvalue weighted by molar-refractivity contribution is 0.547. The maximum Gasteiger partial charge on any atom is 0.0302 e. The lowest BCUT2D eigenvalue weighted by Gasteiger charge is -2.16. The first-order valence-electron chi connectivity index (χ1n) is 5.53. The van der Waals surface area contributed by atoms with Crippen molar-refractivity contribution in [1.82, 2.24) is 5.32 Å². The van der Waals surface area contributed by atoms with Gasteiger partial charge in [-0.1, -0.05) is 37.9 Å². The molecule has 3 N–H and O–H groups in total. The van der Waals surface area contributed by atoms with Gasteiger partial charge in [0, 0.05) is 15.0 Å². The van der Waals surface area contributed by atoms with E-state index in [0.717, 1.165) is 34.9 Å². The monoisotopic (exact) mass is 348 g/mol. The third-order valence-electron chi connectivity index (χ3n) is 2.51. The first-order chi connectivity index (χ1) is 7.65. The van der Waals surface area contributed by atoms with Crippen LogP contribution >= 0.6 is 31.9 Å². The van der Waals surface area contributed by atoms with Crippen LogP contribution in [0.2, 0.25) is 0 Å². The standard InChI is InChI=1S/C12H18Br2N2/c1-9(16-7-3-2-6-15)11-5-4-10(13)8-12(11)14/h4-5,8-9,16H,2-3,6-7,15H2,1H3. The topological polar surface area (TPSA) is 38.0 Å². The minimum atomic E-state index is 0.361. The van der Waals surface area contributed by atoms with E-state index in [4.69, 9.17) is 5.73 Å². The molecule has 2 nitrogen and oxygen atoms in total. The number of nitrogens with one attached hydrogen (secondary N) is 1. The summed E-state index contributed by atoms with van der Waals surface area (Å²) >= 11 is 7.03. The summed E-state index contributed by atoms with van der Waals surface area (Å²) in [6.07, 6.45) is 2.22. The number of benzene rings is 1. The van der Waals surface area contributed by atoms with Crippen molar-refractivity contribution in [1.29, 1.82) is 0 Å². The van der Waals surface area contributed by atoms with E-state index in [1.807, 2.05) is 0 Å². The zero-order chi connectivity index (χ0) is 12.0. The minimum Gasteiger partial charge on any atom is -0.330 e. The Morgan fingerprint density at radius 3 is 2.69 bits per heavy atom. The molecule has 0 saturated heterocycles. The zero-order valence-corrected chi connectivity index (χ0v) is 12.6. The molecular formula is C12H18Br2N2. The summed E-state index contributed by atoms with van der Waals surface area (Å²) < 4.78 is 2.24. The summed E-state index contributed by atoms with van der Waals surface area (Å²) in [5.41, 5.74) is 6.74. The molecule has 0 aromatic heterocycles. The second-order valence-electron chi connectivity index (χ2n) is 3.84. The molecule has 0 radical (unpaired) electrons. The minimum absolute atomic E-state index is 0.361. The Morgan fingerprint density at radius 2 is 2.06 bits per heavy atom. The molecule has 0 aliphatic carbocycles. The predicted molar refractivity (Wildman–Crippen MR) is 76.5 cm³/mol. The molecule has 0 fully saturated rings. The quantitative estimate of drug-likeness (QED) is 0.770. The number of nitrogens with two attached hydrogens (primary N) is 1. The highest BCUT2D eigenvalue weighted by atomic mass is 79.9. The Bertz CT molecular complexity index is 329. The van der Waals surface area contributed by atoms with Crippen LogP contribution in [-0.4, -0.2) is 13.1 Å². The largest absolute Gasteiger partial charge is 0.330 e. The normalized spacial score (nSPS) is 12.8. The fourth-order valence-corrected chi connectivity index (χ4v) is 2.94. The van der Waals surface area contributed by atoms with Gasteiger partial charge in [0.25, 0.3) is 0 Å². The molecule has 0 amide bonds. The third-order valence-corrected chi connectivity index (χ3v) is 3.69. The first kappa shape index (κ1) is 14.2. The zero-order valence-electron chi connectivity index (χ0n) is 9.47. The van der Waals surface area contributed by atoms with Gasteiger partial charge in [-0.2, -0.15) is 0 Å². The summed E-state index contributed by atoms with van der Waals surface area (Å²) in [7, 11) is 0. The maximum atomic E-state index is 5.46. The van der Waals surface area contributed by atoms with Crippen LogP contribution in [0.15, 0.2) is 27.1 Å². The third kappa shape index (κ3) is 4.53. The van der Waals surface area contributed by atoms with Gasteiger partial charge in [0.05, 0.1) is 0 Å². The van der Waals surface area contributed by atoms with E-state index in [0.29, 0.717) is 6.04 Å². The van der Waals surface area contributed by atoms with Crippen LogP contribution in [0.1, 0.15) is 31.4 Å². The SMILES string of the molecule is CC(NCCCCN)c1ccc(Br)cc1Br. The number of unbranched alkanes of at least 4 members (excludes halogenated alkanes) is 1. The predicted octanol–water partition coefficient (Wildman–Crippen LogP) is 3.60. The molecule has 16 heavy (non-hydrogen) atoms. The Labute approximate surface area is 114 Å². The fourth-order valence-electron chi connectivity index (χ4n) is 1.55. The molecule has 1 unspecified atom stereocenters. The fraction of sp³-hybridized carbons (Fsp3) is 0.500. The Kier molecular flexibility index (Phi) is 6.58. The summed E-state index contributed by atoms with van der Waals surface area (Å²) in [6.45, 7) is 3.97. The van der Waals surface area contributed by atoms with Crippen molar-refractivity contribution < 1.29 is 0 Å². The number of rotatable bonds is 6. The van der Waals surface area contributed by atoms with Crippen LogP contribution in [0, 0.1) is 0 Å². The molecule has 0 bridgehead atoms. The summed E-state index contributed by atoms with van der Waals surface area (Å²) in [5, 5.41) is 3.49. The molecule has 0 aliphatic heterocycles.